The van der Waals surface area contributed by atoms with E-state index in [0.717, 1.165) is 16.8 Å². The van der Waals surface area contributed by atoms with E-state index in [2.05, 4.69) is 11.6 Å². The van der Waals surface area contributed by atoms with E-state index < -0.39 is 0 Å². The summed E-state index contributed by atoms with van der Waals surface area (Å²) in [4.78, 5) is 4.26. The molecule has 2 rings (SSSR count). The van der Waals surface area contributed by atoms with Crippen molar-refractivity contribution in [3.05, 3.63) is 72.6 Å². The first-order chi connectivity index (χ1) is 6.88. The molecule has 0 N–H and O–H groups in total. The van der Waals surface area contributed by atoms with E-state index >= 15 is 0 Å². The van der Waals surface area contributed by atoms with Crippen LogP contribution >= 0.6 is 0 Å². The van der Waals surface area contributed by atoms with Crippen molar-refractivity contribution in [2.24, 2.45) is 0 Å². The fourth-order valence-corrected chi connectivity index (χ4v) is 1.33. The van der Waals surface area contributed by atoms with Gasteiger partial charge in [0.1, 0.15) is 0 Å². The number of hydrogen-bond donors (Lipinski definition) is 0. The molecule has 0 unspecified atom stereocenters. The van der Waals surface area contributed by atoms with Gasteiger partial charge in [0.05, 0.1) is 5.69 Å². The minimum absolute atomic E-state index is 0.929. The second kappa shape index (κ2) is 3.88. The Bertz CT molecular complexity index is 376. The monoisotopic (exact) mass is 181 g/mol. The summed E-state index contributed by atoms with van der Waals surface area (Å²) in [6.45, 7) is 4.03. The fourth-order valence-electron chi connectivity index (χ4n) is 1.33. The Morgan fingerprint density at radius 3 is 2.29 bits per heavy atom. The van der Waals surface area contributed by atoms with Gasteiger partial charge in [-0.3, -0.25) is 4.98 Å². The third-order valence-electron chi connectivity index (χ3n) is 2.10. The Hall–Kier alpha value is -1.89. The van der Waals surface area contributed by atoms with E-state index in [0.29, 0.717) is 0 Å². The zero-order chi connectivity index (χ0) is 9.80. The quantitative estimate of drug-likeness (QED) is 0.693. The number of aromatic nitrogens is 1. The lowest BCUT2D eigenvalue weighted by molar-refractivity contribution is 1.27. The van der Waals surface area contributed by atoms with Crippen LogP contribution in [0.15, 0.2) is 61.3 Å². The Morgan fingerprint density at radius 2 is 1.64 bits per heavy atom. The normalized spacial score (nSPS) is 9.71. The van der Waals surface area contributed by atoms with Crippen molar-refractivity contribution in [2.45, 2.75) is 0 Å². The summed E-state index contributed by atoms with van der Waals surface area (Å²) < 4.78 is 0. The highest BCUT2D eigenvalue weighted by molar-refractivity contribution is 5.75. The van der Waals surface area contributed by atoms with E-state index in [4.69, 9.17) is 0 Å². The van der Waals surface area contributed by atoms with Crippen molar-refractivity contribution < 1.29 is 0 Å². The summed E-state index contributed by atoms with van der Waals surface area (Å²) in [5.41, 5.74) is 3.01. The predicted octanol–water partition coefficient (Wildman–Crippen LogP) is 3.14. The number of benzene rings is 1. The Labute approximate surface area is 83.7 Å². The minimum Gasteiger partial charge on any atom is -0.256 e. The molecule has 1 heteroatoms. The standard InChI is InChI=1S/C13H11N/c1-11(12-7-3-2-4-8-12)13-9-5-6-10-14-13/h2-10H,1H2. The molecule has 1 heterocycles. The first-order valence-corrected chi connectivity index (χ1v) is 4.53. The van der Waals surface area contributed by atoms with Crippen LogP contribution in [-0.4, -0.2) is 4.98 Å². The van der Waals surface area contributed by atoms with Gasteiger partial charge in [0.2, 0.25) is 0 Å². The highest BCUT2D eigenvalue weighted by atomic mass is 14.7. The largest absolute Gasteiger partial charge is 0.256 e. The number of rotatable bonds is 2. The molecule has 2 aromatic rings. The molecule has 0 saturated heterocycles. The van der Waals surface area contributed by atoms with Gasteiger partial charge >= 0.3 is 0 Å². The van der Waals surface area contributed by atoms with Crippen molar-refractivity contribution in [3.8, 4) is 0 Å². The topological polar surface area (TPSA) is 12.9 Å². The Balaban J connectivity index is 2.35. The van der Waals surface area contributed by atoms with Gasteiger partial charge in [0.25, 0.3) is 0 Å². The van der Waals surface area contributed by atoms with Crippen LogP contribution in [0.3, 0.4) is 0 Å². The van der Waals surface area contributed by atoms with Gasteiger partial charge in [-0.25, -0.2) is 0 Å². The first kappa shape index (κ1) is 8.70. The molecule has 0 aliphatic rings. The molecular formula is C13H11N. The van der Waals surface area contributed by atoms with Gasteiger partial charge in [0.15, 0.2) is 0 Å². The SMILES string of the molecule is C=C(c1ccccc1)c1ccccn1. The van der Waals surface area contributed by atoms with Gasteiger partial charge in [-0.05, 0) is 17.7 Å². The summed E-state index contributed by atoms with van der Waals surface area (Å²) in [7, 11) is 0. The summed E-state index contributed by atoms with van der Waals surface area (Å²) in [6, 6.07) is 15.9. The Morgan fingerprint density at radius 1 is 0.929 bits per heavy atom. The minimum atomic E-state index is 0.929. The molecule has 0 atom stereocenters. The van der Waals surface area contributed by atoms with Crippen LogP contribution in [0.25, 0.3) is 5.57 Å². The molecule has 0 fully saturated rings. The van der Waals surface area contributed by atoms with Crippen LogP contribution in [0.4, 0.5) is 0 Å². The molecule has 0 amide bonds. The van der Waals surface area contributed by atoms with E-state index in [9.17, 15) is 0 Å². The van der Waals surface area contributed by atoms with E-state index in [1.54, 1.807) is 6.20 Å². The fraction of sp³-hybridized carbons (Fsp3) is 0. The molecule has 1 aromatic heterocycles. The highest BCUT2D eigenvalue weighted by Gasteiger charge is 2.00. The van der Waals surface area contributed by atoms with Crippen LogP contribution in [0.1, 0.15) is 11.3 Å². The molecule has 0 aliphatic carbocycles. The van der Waals surface area contributed by atoms with Crippen LogP contribution in [0, 0.1) is 0 Å². The summed E-state index contributed by atoms with van der Waals surface area (Å²) >= 11 is 0. The molecule has 0 aliphatic heterocycles. The lowest BCUT2D eigenvalue weighted by Gasteiger charge is -2.03. The Kier molecular flexibility index (Phi) is 2.41. The molecule has 0 saturated carbocycles. The number of pyridine rings is 1. The lowest BCUT2D eigenvalue weighted by Crippen LogP contribution is -1.88. The molecule has 0 bridgehead atoms. The summed E-state index contributed by atoms with van der Waals surface area (Å²) in [6.07, 6.45) is 1.78. The maximum atomic E-state index is 4.26. The molecule has 0 spiro atoms. The molecule has 1 nitrogen and oxygen atoms in total. The van der Waals surface area contributed by atoms with Gasteiger partial charge in [-0.2, -0.15) is 0 Å². The van der Waals surface area contributed by atoms with Crippen LogP contribution in [0.5, 0.6) is 0 Å². The van der Waals surface area contributed by atoms with E-state index in [-0.39, 0.29) is 0 Å². The molecule has 68 valence electrons. The molecular weight excluding hydrogens is 170 g/mol. The van der Waals surface area contributed by atoms with Crippen molar-refractivity contribution in [2.75, 3.05) is 0 Å². The molecule has 1 aromatic carbocycles. The predicted molar refractivity (Wildman–Crippen MR) is 58.8 cm³/mol. The second-order valence-corrected chi connectivity index (χ2v) is 3.06. The van der Waals surface area contributed by atoms with Gasteiger partial charge in [-0.1, -0.05) is 43.0 Å². The van der Waals surface area contributed by atoms with Crippen molar-refractivity contribution in [1.82, 2.24) is 4.98 Å². The van der Waals surface area contributed by atoms with Crippen LogP contribution in [-0.2, 0) is 0 Å². The average molecular weight is 181 g/mol. The lowest BCUT2D eigenvalue weighted by atomic mass is 10.0. The van der Waals surface area contributed by atoms with Gasteiger partial charge < -0.3 is 0 Å². The maximum Gasteiger partial charge on any atom is 0.0701 e. The second-order valence-electron chi connectivity index (χ2n) is 3.06. The smallest absolute Gasteiger partial charge is 0.0701 e. The maximum absolute atomic E-state index is 4.26. The summed E-state index contributed by atoms with van der Waals surface area (Å²) in [5, 5.41) is 0. The molecule has 0 radical (unpaired) electrons. The zero-order valence-electron chi connectivity index (χ0n) is 7.85. The number of hydrogen-bond acceptors (Lipinski definition) is 1. The van der Waals surface area contributed by atoms with Crippen LogP contribution in [0.2, 0.25) is 0 Å². The van der Waals surface area contributed by atoms with E-state index in [1.165, 1.54) is 0 Å². The van der Waals surface area contributed by atoms with Gasteiger partial charge in [-0.15, -0.1) is 0 Å². The van der Waals surface area contributed by atoms with Crippen molar-refractivity contribution in [1.29, 1.82) is 0 Å². The van der Waals surface area contributed by atoms with E-state index in [1.807, 2.05) is 48.5 Å². The number of nitrogens with zero attached hydrogens (tertiary/aromatic N) is 1. The third-order valence-corrected chi connectivity index (χ3v) is 2.10. The average Bonchev–Trinajstić information content (AvgIpc) is 2.30. The first-order valence-electron chi connectivity index (χ1n) is 4.53. The zero-order valence-corrected chi connectivity index (χ0v) is 7.85. The summed E-state index contributed by atoms with van der Waals surface area (Å²) in [5.74, 6) is 0. The van der Waals surface area contributed by atoms with Crippen molar-refractivity contribution >= 4 is 5.57 Å². The molecule has 14 heavy (non-hydrogen) atoms. The van der Waals surface area contributed by atoms with Crippen molar-refractivity contribution in [3.63, 3.8) is 0 Å². The van der Waals surface area contributed by atoms with Gasteiger partial charge in [0, 0.05) is 11.8 Å². The third kappa shape index (κ3) is 1.72. The highest BCUT2D eigenvalue weighted by Crippen LogP contribution is 2.18. The van der Waals surface area contributed by atoms with Crippen LogP contribution < -0.4 is 0 Å².